The Hall–Kier alpha value is -2.38. The third-order valence-corrected chi connectivity index (χ3v) is 7.33. The van der Waals surface area contributed by atoms with E-state index in [2.05, 4.69) is 41.4 Å². The molecule has 1 fully saturated rings. The number of carbonyl (C=O) groups excluding carboxylic acids is 2. The van der Waals surface area contributed by atoms with Gasteiger partial charge in [-0.05, 0) is 42.9 Å². The first kappa shape index (κ1) is 20.9. The molecule has 0 bridgehead atoms. The van der Waals surface area contributed by atoms with E-state index in [0.717, 1.165) is 51.0 Å². The summed E-state index contributed by atoms with van der Waals surface area (Å²) in [7, 11) is 1.40. The summed E-state index contributed by atoms with van der Waals surface area (Å²) in [5.41, 5.74) is 2.88. The van der Waals surface area contributed by atoms with Gasteiger partial charge in [-0.1, -0.05) is 25.1 Å². The van der Waals surface area contributed by atoms with Crippen molar-refractivity contribution in [2.75, 3.05) is 50.1 Å². The molecule has 2 aliphatic rings. The molecule has 1 atom stereocenters. The number of rotatable bonds is 5. The lowest BCUT2D eigenvalue weighted by Crippen LogP contribution is -3.15. The lowest BCUT2D eigenvalue weighted by molar-refractivity contribution is -0.892. The van der Waals surface area contributed by atoms with Crippen molar-refractivity contribution in [2.45, 2.75) is 26.2 Å². The number of ether oxygens (including phenoxy) is 1. The minimum Gasteiger partial charge on any atom is -0.465 e. The largest absolute Gasteiger partial charge is 0.465 e. The van der Waals surface area contributed by atoms with Gasteiger partial charge in [0.05, 0.1) is 38.9 Å². The molecule has 160 valence electrons. The molecule has 2 heterocycles. The SMILES string of the molecule is COC(=O)c1c(NC(=O)C[NH+]2CCN(c3ccccc3)CC2)sc2c1CC[C@@H](C)C2. The lowest BCUT2D eigenvalue weighted by atomic mass is 9.88. The molecule has 0 saturated carbocycles. The molecule has 0 radical (unpaired) electrons. The molecule has 6 nitrogen and oxygen atoms in total. The van der Waals surface area contributed by atoms with Gasteiger partial charge in [0.15, 0.2) is 6.54 Å². The summed E-state index contributed by atoms with van der Waals surface area (Å²) >= 11 is 1.55. The molecular formula is C23H30N3O3S+. The fourth-order valence-electron chi connectivity index (χ4n) is 4.45. The van der Waals surface area contributed by atoms with Gasteiger partial charge >= 0.3 is 5.97 Å². The number of para-hydroxylation sites is 1. The maximum Gasteiger partial charge on any atom is 0.341 e. The number of hydrogen-bond acceptors (Lipinski definition) is 5. The third-order valence-electron chi connectivity index (χ3n) is 6.16. The first-order chi connectivity index (χ1) is 14.5. The highest BCUT2D eigenvalue weighted by Crippen LogP contribution is 2.39. The number of nitrogens with one attached hydrogen (secondary N) is 2. The summed E-state index contributed by atoms with van der Waals surface area (Å²) in [4.78, 5) is 30.0. The molecule has 1 aliphatic heterocycles. The van der Waals surface area contributed by atoms with Crippen molar-refractivity contribution in [3.63, 3.8) is 0 Å². The van der Waals surface area contributed by atoms with E-state index in [1.807, 2.05) is 6.07 Å². The number of benzene rings is 1. The van der Waals surface area contributed by atoms with Gasteiger partial charge in [-0.25, -0.2) is 4.79 Å². The summed E-state index contributed by atoms with van der Waals surface area (Å²) in [6.45, 7) is 6.37. The van der Waals surface area contributed by atoms with Crippen LogP contribution in [0.25, 0.3) is 0 Å². The topological polar surface area (TPSA) is 63.1 Å². The maximum atomic E-state index is 12.8. The Labute approximate surface area is 181 Å². The molecule has 2 aromatic rings. The average Bonchev–Trinajstić information content (AvgIpc) is 3.10. The zero-order valence-electron chi connectivity index (χ0n) is 17.7. The Morgan fingerprint density at radius 1 is 1.23 bits per heavy atom. The van der Waals surface area contributed by atoms with Crippen molar-refractivity contribution in [1.29, 1.82) is 0 Å². The Morgan fingerprint density at radius 3 is 2.67 bits per heavy atom. The van der Waals surface area contributed by atoms with E-state index in [9.17, 15) is 9.59 Å². The molecule has 30 heavy (non-hydrogen) atoms. The molecule has 0 unspecified atom stereocenters. The van der Waals surface area contributed by atoms with Crippen LogP contribution in [0.4, 0.5) is 10.7 Å². The maximum absolute atomic E-state index is 12.8. The predicted molar refractivity (Wildman–Crippen MR) is 120 cm³/mol. The van der Waals surface area contributed by atoms with Crippen LogP contribution in [0.3, 0.4) is 0 Å². The first-order valence-corrected chi connectivity index (χ1v) is 11.5. The van der Waals surface area contributed by atoms with Crippen LogP contribution in [0.1, 0.15) is 34.1 Å². The van der Waals surface area contributed by atoms with Crippen LogP contribution < -0.4 is 15.1 Å². The second-order valence-electron chi connectivity index (χ2n) is 8.35. The van der Waals surface area contributed by atoms with Crippen molar-refractivity contribution >= 4 is 33.9 Å². The summed E-state index contributed by atoms with van der Waals surface area (Å²) in [6, 6.07) is 10.4. The van der Waals surface area contributed by atoms with E-state index in [4.69, 9.17) is 4.74 Å². The van der Waals surface area contributed by atoms with Gasteiger partial charge in [0.1, 0.15) is 5.00 Å². The minimum atomic E-state index is -0.346. The lowest BCUT2D eigenvalue weighted by Gasteiger charge is -2.33. The van der Waals surface area contributed by atoms with E-state index in [1.54, 1.807) is 11.3 Å². The van der Waals surface area contributed by atoms with Gasteiger partial charge in [-0.15, -0.1) is 11.3 Å². The molecule has 0 spiro atoms. The summed E-state index contributed by atoms with van der Waals surface area (Å²) in [5, 5.41) is 3.69. The van der Waals surface area contributed by atoms with Gasteiger partial charge in [-0.3, -0.25) is 4.79 Å². The van der Waals surface area contributed by atoms with E-state index >= 15 is 0 Å². The van der Waals surface area contributed by atoms with Gasteiger partial charge < -0.3 is 19.9 Å². The molecule has 2 N–H and O–H groups in total. The predicted octanol–water partition coefficient (Wildman–Crippen LogP) is 2.00. The number of esters is 1. The van der Waals surface area contributed by atoms with E-state index < -0.39 is 0 Å². The highest BCUT2D eigenvalue weighted by molar-refractivity contribution is 7.17. The van der Waals surface area contributed by atoms with Crippen LogP contribution in [0, 0.1) is 5.92 Å². The standard InChI is InChI=1S/C23H29N3O3S/c1-16-8-9-18-19(14-16)30-22(21(18)23(28)29-2)24-20(27)15-25-10-12-26(13-11-25)17-6-4-3-5-7-17/h3-7,16H,8-15H2,1-2H3,(H,24,27)/p+1/t16-/m1/s1. The Morgan fingerprint density at radius 2 is 1.97 bits per heavy atom. The fraction of sp³-hybridized carbons (Fsp3) is 0.478. The number of amides is 1. The number of anilines is 2. The number of hydrogen-bond donors (Lipinski definition) is 2. The van der Waals surface area contributed by atoms with Crippen LogP contribution in [-0.2, 0) is 22.4 Å². The molecule has 1 aliphatic carbocycles. The Balaban J connectivity index is 1.38. The van der Waals surface area contributed by atoms with E-state index in [1.165, 1.54) is 22.6 Å². The van der Waals surface area contributed by atoms with Gasteiger partial charge in [0.2, 0.25) is 0 Å². The fourth-order valence-corrected chi connectivity index (χ4v) is 5.87. The second kappa shape index (κ2) is 9.18. The van der Waals surface area contributed by atoms with Gasteiger partial charge in [0.25, 0.3) is 5.91 Å². The van der Waals surface area contributed by atoms with Gasteiger partial charge in [-0.2, -0.15) is 0 Å². The molecule has 4 rings (SSSR count). The second-order valence-corrected chi connectivity index (χ2v) is 9.45. The highest BCUT2D eigenvalue weighted by atomic mass is 32.1. The van der Waals surface area contributed by atoms with Crippen molar-refractivity contribution in [3.8, 4) is 0 Å². The molecule has 1 amide bonds. The Kier molecular flexibility index (Phi) is 6.39. The monoisotopic (exact) mass is 428 g/mol. The van der Waals surface area contributed by atoms with Crippen molar-refractivity contribution in [3.05, 3.63) is 46.3 Å². The number of methoxy groups -OCH3 is 1. The van der Waals surface area contributed by atoms with E-state index in [-0.39, 0.29) is 11.9 Å². The summed E-state index contributed by atoms with van der Waals surface area (Å²) in [5.74, 6) is 0.228. The zero-order valence-corrected chi connectivity index (χ0v) is 18.5. The molecule has 1 saturated heterocycles. The van der Waals surface area contributed by atoms with Crippen LogP contribution in [0.2, 0.25) is 0 Å². The third kappa shape index (κ3) is 4.52. The smallest absolute Gasteiger partial charge is 0.341 e. The van der Waals surface area contributed by atoms with Crippen LogP contribution in [0.15, 0.2) is 30.3 Å². The zero-order chi connectivity index (χ0) is 21.1. The Bertz CT molecular complexity index is 904. The summed E-state index contributed by atoms with van der Waals surface area (Å²) < 4.78 is 5.02. The highest BCUT2D eigenvalue weighted by Gasteiger charge is 2.30. The normalized spacial score (nSPS) is 19.3. The van der Waals surface area contributed by atoms with Crippen molar-refractivity contribution < 1.29 is 19.2 Å². The van der Waals surface area contributed by atoms with Crippen LogP contribution in [0.5, 0.6) is 0 Å². The first-order valence-electron chi connectivity index (χ1n) is 10.7. The van der Waals surface area contributed by atoms with Crippen molar-refractivity contribution in [1.82, 2.24) is 0 Å². The molecule has 7 heteroatoms. The number of fused-ring (bicyclic) bond motifs is 1. The molecule has 1 aromatic heterocycles. The number of nitrogens with zero attached hydrogens (tertiary/aromatic N) is 1. The number of quaternary nitrogens is 1. The van der Waals surface area contributed by atoms with Crippen LogP contribution >= 0.6 is 11.3 Å². The number of carbonyl (C=O) groups is 2. The minimum absolute atomic E-state index is 0.0324. The van der Waals surface area contributed by atoms with Gasteiger partial charge in [0, 0.05) is 10.6 Å². The molecular weight excluding hydrogens is 398 g/mol. The number of thiophene rings is 1. The van der Waals surface area contributed by atoms with Crippen LogP contribution in [-0.4, -0.2) is 51.7 Å². The number of piperazine rings is 1. The average molecular weight is 429 g/mol. The quantitative estimate of drug-likeness (QED) is 0.715. The molecule has 1 aromatic carbocycles. The van der Waals surface area contributed by atoms with E-state index in [0.29, 0.717) is 23.0 Å². The van der Waals surface area contributed by atoms with Crippen molar-refractivity contribution in [2.24, 2.45) is 5.92 Å². The summed E-state index contributed by atoms with van der Waals surface area (Å²) in [6.07, 6.45) is 2.91.